The number of hydrazine groups is 1. The molecular weight excluding hydrogens is 324 g/mol. The summed E-state index contributed by atoms with van der Waals surface area (Å²) in [5, 5.41) is 2.95. The number of hydrogen-bond donors (Lipinski definition) is 4. The molecule has 26 heavy (non-hydrogen) atoms. The average molecular weight is 354 g/mol. The molecule has 5 N–H and O–H groups in total. The number of carbonyl (C=O) groups is 1. The van der Waals surface area contributed by atoms with Crippen LogP contribution in [0, 0.1) is 0 Å². The van der Waals surface area contributed by atoms with Crippen LogP contribution < -0.4 is 21.9 Å². The van der Waals surface area contributed by atoms with Crippen molar-refractivity contribution in [1.82, 2.24) is 16.2 Å². The van der Waals surface area contributed by atoms with Gasteiger partial charge in [-0.15, -0.1) is 0 Å². The van der Waals surface area contributed by atoms with Gasteiger partial charge in [-0.1, -0.05) is 74.5 Å². The van der Waals surface area contributed by atoms with E-state index < -0.39 is 5.91 Å². The van der Waals surface area contributed by atoms with Gasteiger partial charge in [-0.3, -0.25) is 4.79 Å². The Kier molecular flexibility index (Phi) is 9.75. The number of allylic oxidation sites excluding steroid dienone is 1. The van der Waals surface area contributed by atoms with Crippen LogP contribution in [0.5, 0.6) is 0 Å². The molecule has 0 saturated carbocycles. The molecule has 0 aromatic heterocycles. The molecule has 0 radical (unpaired) electrons. The quantitative estimate of drug-likeness (QED) is 0.434. The zero-order valence-corrected chi connectivity index (χ0v) is 16.0. The Labute approximate surface area is 156 Å². The molecule has 0 fully saturated rings. The van der Waals surface area contributed by atoms with E-state index in [0.29, 0.717) is 17.8 Å². The summed E-state index contributed by atoms with van der Waals surface area (Å²) in [6.07, 6.45) is 0. The molecule has 0 bridgehead atoms. The van der Waals surface area contributed by atoms with E-state index in [2.05, 4.69) is 40.4 Å². The summed E-state index contributed by atoms with van der Waals surface area (Å²) in [7, 11) is 1.78. The maximum Gasteiger partial charge on any atom is 0.247 e. The molecule has 2 rings (SSSR count). The molecule has 0 saturated heterocycles. The van der Waals surface area contributed by atoms with Gasteiger partial charge in [0, 0.05) is 12.2 Å². The zero-order chi connectivity index (χ0) is 19.4. The van der Waals surface area contributed by atoms with Crippen LogP contribution in [0.2, 0.25) is 0 Å². The van der Waals surface area contributed by atoms with Crippen molar-refractivity contribution < 1.29 is 4.79 Å². The van der Waals surface area contributed by atoms with Crippen molar-refractivity contribution in [1.29, 1.82) is 0 Å². The molecule has 2 aromatic rings. The molecule has 5 nitrogen and oxygen atoms in total. The van der Waals surface area contributed by atoms with E-state index in [9.17, 15) is 4.79 Å². The highest BCUT2D eigenvalue weighted by molar-refractivity contribution is 5.93. The number of likely N-dealkylation sites (N-methyl/N-ethyl adjacent to an activating group) is 1. The van der Waals surface area contributed by atoms with Gasteiger partial charge in [-0.2, -0.15) is 0 Å². The highest BCUT2D eigenvalue weighted by atomic mass is 16.1. The molecule has 2 aromatic carbocycles. The van der Waals surface area contributed by atoms with Gasteiger partial charge in [0.15, 0.2) is 0 Å². The third-order valence-electron chi connectivity index (χ3n) is 3.77. The third-order valence-corrected chi connectivity index (χ3v) is 3.77. The molecule has 0 atom stereocenters. The van der Waals surface area contributed by atoms with Crippen molar-refractivity contribution >= 4 is 5.91 Å². The number of hydrogen-bond acceptors (Lipinski definition) is 4. The topological polar surface area (TPSA) is 79.2 Å². The van der Waals surface area contributed by atoms with E-state index in [-0.39, 0.29) is 6.04 Å². The van der Waals surface area contributed by atoms with Crippen LogP contribution >= 0.6 is 0 Å². The van der Waals surface area contributed by atoms with Gasteiger partial charge in [0.25, 0.3) is 0 Å². The first kappa shape index (κ1) is 21.4. The Balaban J connectivity index is 0.00000163. The molecule has 0 heterocycles. The van der Waals surface area contributed by atoms with Gasteiger partial charge in [0.05, 0.1) is 11.6 Å². The fourth-order valence-corrected chi connectivity index (χ4v) is 2.49. The number of rotatable bonds is 8. The Morgan fingerprint density at radius 1 is 0.962 bits per heavy atom. The number of amides is 1. The summed E-state index contributed by atoms with van der Waals surface area (Å²) in [6, 6.07) is 20.2. The van der Waals surface area contributed by atoms with Gasteiger partial charge in [0.2, 0.25) is 5.91 Å². The highest BCUT2D eigenvalue weighted by Gasteiger charge is 2.14. The standard InChI is InChI=1S/C19H24N4O.C2H6/c1-14(17(13-21-2)19(20)24)22-23-18(15-9-5-3-6-10-15)16-11-7-4-8-12-16;1-2/h3-12,18,21-23H,13H2,1-2H3,(H2,20,24);1-2H3/b17-14-;. The maximum absolute atomic E-state index is 11.6. The number of nitrogens with two attached hydrogens (primary N) is 1. The molecule has 140 valence electrons. The Hall–Kier alpha value is -2.63. The second-order valence-electron chi connectivity index (χ2n) is 5.52. The largest absolute Gasteiger partial charge is 0.366 e. The lowest BCUT2D eigenvalue weighted by molar-refractivity contribution is -0.114. The van der Waals surface area contributed by atoms with E-state index in [0.717, 1.165) is 11.1 Å². The van der Waals surface area contributed by atoms with Crippen molar-refractivity contribution in [2.75, 3.05) is 13.6 Å². The van der Waals surface area contributed by atoms with E-state index >= 15 is 0 Å². The summed E-state index contributed by atoms with van der Waals surface area (Å²) in [5.41, 5.74) is 15.4. The lowest BCUT2D eigenvalue weighted by Crippen LogP contribution is -2.37. The Bertz CT molecular complexity index is 644. The van der Waals surface area contributed by atoms with E-state index in [1.165, 1.54) is 0 Å². The first-order chi connectivity index (χ1) is 12.6. The van der Waals surface area contributed by atoms with E-state index in [4.69, 9.17) is 5.73 Å². The van der Waals surface area contributed by atoms with E-state index in [1.54, 1.807) is 7.05 Å². The van der Waals surface area contributed by atoms with Crippen LogP contribution in [0.3, 0.4) is 0 Å². The number of benzene rings is 2. The van der Waals surface area contributed by atoms with Gasteiger partial charge >= 0.3 is 0 Å². The number of nitrogens with one attached hydrogen (secondary N) is 3. The average Bonchev–Trinajstić information content (AvgIpc) is 2.69. The smallest absolute Gasteiger partial charge is 0.247 e. The fourth-order valence-electron chi connectivity index (χ4n) is 2.49. The maximum atomic E-state index is 11.6. The van der Waals surface area contributed by atoms with Crippen LogP contribution in [-0.2, 0) is 4.79 Å². The van der Waals surface area contributed by atoms with Gasteiger partial charge in [0.1, 0.15) is 0 Å². The fraction of sp³-hybridized carbons (Fsp3) is 0.286. The molecule has 0 aliphatic rings. The van der Waals surface area contributed by atoms with Crippen molar-refractivity contribution in [2.24, 2.45) is 5.73 Å². The first-order valence-electron chi connectivity index (χ1n) is 8.89. The number of primary amides is 1. The summed E-state index contributed by atoms with van der Waals surface area (Å²) < 4.78 is 0. The molecular formula is C21H30N4O. The van der Waals surface area contributed by atoms with Crippen LogP contribution in [0.25, 0.3) is 0 Å². The zero-order valence-electron chi connectivity index (χ0n) is 16.0. The van der Waals surface area contributed by atoms with Crippen molar-refractivity contribution in [3.63, 3.8) is 0 Å². The monoisotopic (exact) mass is 354 g/mol. The predicted octanol–water partition coefficient (Wildman–Crippen LogP) is 2.88. The summed E-state index contributed by atoms with van der Waals surface area (Å²) in [4.78, 5) is 11.6. The summed E-state index contributed by atoms with van der Waals surface area (Å²) in [5.74, 6) is -0.438. The van der Waals surface area contributed by atoms with E-state index in [1.807, 2.05) is 57.2 Å². The van der Waals surface area contributed by atoms with Crippen LogP contribution in [-0.4, -0.2) is 19.5 Å². The SMILES string of the molecule is CC.CNC/C(C(N)=O)=C(\C)NNC(c1ccccc1)c1ccccc1. The van der Waals surface area contributed by atoms with Crippen LogP contribution in [0.4, 0.5) is 0 Å². The molecule has 0 aliphatic heterocycles. The Morgan fingerprint density at radius 2 is 1.42 bits per heavy atom. The molecule has 0 aliphatic carbocycles. The lowest BCUT2D eigenvalue weighted by atomic mass is 9.99. The second-order valence-corrected chi connectivity index (χ2v) is 5.52. The molecule has 0 unspecified atom stereocenters. The van der Waals surface area contributed by atoms with Crippen LogP contribution in [0.15, 0.2) is 71.9 Å². The van der Waals surface area contributed by atoms with Crippen molar-refractivity contribution in [2.45, 2.75) is 26.8 Å². The third kappa shape index (κ3) is 6.35. The van der Waals surface area contributed by atoms with Crippen LogP contribution in [0.1, 0.15) is 37.9 Å². The summed E-state index contributed by atoms with van der Waals surface area (Å²) >= 11 is 0. The second kappa shape index (κ2) is 11.8. The number of carbonyl (C=O) groups excluding carboxylic acids is 1. The highest BCUT2D eigenvalue weighted by Crippen LogP contribution is 2.21. The minimum Gasteiger partial charge on any atom is -0.366 e. The normalized spacial score (nSPS) is 11.3. The minimum absolute atomic E-state index is 0.0499. The summed E-state index contributed by atoms with van der Waals surface area (Å²) in [6.45, 7) is 6.24. The van der Waals surface area contributed by atoms with Crippen molar-refractivity contribution in [3.05, 3.63) is 83.1 Å². The van der Waals surface area contributed by atoms with Gasteiger partial charge in [-0.25, -0.2) is 5.43 Å². The van der Waals surface area contributed by atoms with Crippen molar-refractivity contribution in [3.8, 4) is 0 Å². The first-order valence-corrected chi connectivity index (χ1v) is 8.89. The van der Waals surface area contributed by atoms with Gasteiger partial charge < -0.3 is 16.5 Å². The minimum atomic E-state index is -0.438. The van der Waals surface area contributed by atoms with Gasteiger partial charge in [-0.05, 0) is 25.1 Å². The molecule has 0 spiro atoms. The molecule has 1 amide bonds. The Morgan fingerprint density at radius 3 is 1.81 bits per heavy atom. The predicted molar refractivity (Wildman–Crippen MR) is 108 cm³/mol. The molecule has 5 heteroatoms. The lowest BCUT2D eigenvalue weighted by Gasteiger charge is -2.22.